The van der Waals surface area contributed by atoms with Crippen LogP contribution in [-0.4, -0.2) is 46.1 Å². The highest BCUT2D eigenvalue weighted by molar-refractivity contribution is 6.36. The van der Waals surface area contributed by atoms with Crippen LogP contribution in [-0.2, 0) is 11.2 Å². The van der Waals surface area contributed by atoms with Crippen LogP contribution >= 0.6 is 48.0 Å². The van der Waals surface area contributed by atoms with Crippen molar-refractivity contribution < 1.29 is 9.90 Å². The Morgan fingerprint density at radius 3 is 2.79 bits per heavy atom. The molecule has 0 radical (unpaired) electrons. The summed E-state index contributed by atoms with van der Waals surface area (Å²) >= 11 is 12.0. The number of β-amino-alcohol motifs (C(OH)–C–C–N with tert-alkyl or cyclic N) is 1. The van der Waals surface area contributed by atoms with Gasteiger partial charge in [-0.2, -0.15) is 0 Å². The molecule has 2 aromatic rings. The van der Waals surface area contributed by atoms with Crippen molar-refractivity contribution in [1.29, 1.82) is 0 Å². The second-order valence-corrected chi connectivity index (χ2v) is 6.28. The summed E-state index contributed by atoms with van der Waals surface area (Å²) < 4.78 is 1.71. The molecular formula is C14H18Cl4N4O2. The molecule has 10 heteroatoms. The number of nitrogens with zero attached hydrogens (tertiary/aromatic N) is 2. The monoisotopic (exact) mass is 414 g/mol. The number of aromatic nitrogens is 2. The van der Waals surface area contributed by atoms with Gasteiger partial charge in [0, 0.05) is 37.9 Å². The van der Waals surface area contributed by atoms with Crippen LogP contribution in [0.2, 0.25) is 10.0 Å². The highest BCUT2D eigenvalue weighted by Gasteiger charge is 2.25. The van der Waals surface area contributed by atoms with Crippen LogP contribution < -0.4 is 10.6 Å². The fraction of sp³-hybridized carbons (Fsp3) is 0.429. The molecule has 24 heavy (non-hydrogen) atoms. The van der Waals surface area contributed by atoms with Crippen molar-refractivity contribution in [3.05, 3.63) is 34.2 Å². The molecule has 1 aliphatic heterocycles. The van der Waals surface area contributed by atoms with Crippen LogP contribution in [0, 0.1) is 5.92 Å². The molecule has 2 atom stereocenters. The second kappa shape index (κ2) is 9.08. The van der Waals surface area contributed by atoms with Crippen molar-refractivity contribution in [2.24, 2.45) is 5.92 Å². The average molecular weight is 416 g/mol. The fourth-order valence-electron chi connectivity index (χ4n) is 2.56. The Morgan fingerprint density at radius 1 is 1.38 bits per heavy atom. The highest BCUT2D eigenvalue weighted by Crippen LogP contribution is 2.21. The van der Waals surface area contributed by atoms with Crippen molar-refractivity contribution in [2.75, 3.05) is 19.6 Å². The van der Waals surface area contributed by atoms with Gasteiger partial charge in [0.1, 0.15) is 0 Å². The van der Waals surface area contributed by atoms with E-state index in [4.69, 9.17) is 23.2 Å². The number of imidazole rings is 1. The molecule has 3 rings (SSSR count). The SMILES string of the molecule is Cl.Cl.O=C(Cc1cn2cc(Cl)cc(Cl)c2n1)NCC1CNCC1O. The standard InChI is InChI=1S/C14H16Cl2N4O2.2ClH/c15-9-1-11(16)14-19-10(7-20(14)6-9)2-13(22)18-4-8-3-17-5-12(8)21;;/h1,6-8,12,17,21H,2-5H2,(H,18,22);2*1H. The van der Waals surface area contributed by atoms with Crippen molar-refractivity contribution >= 4 is 59.6 Å². The summed E-state index contributed by atoms with van der Waals surface area (Å²) in [5.74, 6) is -0.0806. The van der Waals surface area contributed by atoms with Gasteiger partial charge < -0.3 is 20.1 Å². The van der Waals surface area contributed by atoms with E-state index in [9.17, 15) is 9.90 Å². The third-order valence-corrected chi connectivity index (χ3v) is 4.21. The van der Waals surface area contributed by atoms with E-state index in [1.54, 1.807) is 22.9 Å². The molecule has 1 saturated heterocycles. The minimum Gasteiger partial charge on any atom is -0.391 e. The van der Waals surface area contributed by atoms with Crippen LogP contribution in [0.4, 0.5) is 0 Å². The van der Waals surface area contributed by atoms with Crippen LogP contribution in [0.3, 0.4) is 0 Å². The lowest BCUT2D eigenvalue weighted by Gasteiger charge is -2.13. The summed E-state index contributed by atoms with van der Waals surface area (Å²) in [5, 5.41) is 16.5. The van der Waals surface area contributed by atoms with Crippen LogP contribution in [0.25, 0.3) is 5.65 Å². The van der Waals surface area contributed by atoms with E-state index in [2.05, 4.69) is 15.6 Å². The fourth-order valence-corrected chi connectivity index (χ4v) is 3.09. The first kappa shape index (κ1) is 21.3. The third-order valence-electron chi connectivity index (χ3n) is 3.73. The van der Waals surface area contributed by atoms with Crippen molar-refractivity contribution in [3.8, 4) is 0 Å². The Kier molecular flexibility index (Phi) is 8.05. The van der Waals surface area contributed by atoms with Crippen LogP contribution in [0.15, 0.2) is 18.5 Å². The molecule has 134 valence electrons. The van der Waals surface area contributed by atoms with Crippen LogP contribution in [0.5, 0.6) is 0 Å². The lowest BCUT2D eigenvalue weighted by Crippen LogP contribution is -2.35. The molecule has 0 spiro atoms. The predicted molar refractivity (Wildman–Crippen MR) is 98.8 cm³/mol. The Bertz CT molecular complexity index is 709. The van der Waals surface area contributed by atoms with Gasteiger partial charge in [-0.1, -0.05) is 23.2 Å². The van der Waals surface area contributed by atoms with Crippen molar-refractivity contribution in [1.82, 2.24) is 20.0 Å². The smallest absolute Gasteiger partial charge is 0.226 e. The summed E-state index contributed by atoms with van der Waals surface area (Å²) in [4.78, 5) is 16.3. The number of aliphatic hydroxyl groups excluding tert-OH is 1. The van der Waals surface area contributed by atoms with Gasteiger partial charge >= 0.3 is 0 Å². The van der Waals surface area contributed by atoms with Gasteiger partial charge in [-0.05, 0) is 6.07 Å². The zero-order chi connectivity index (χ0) is 15.7. The first-order chi connectivity index (χ1) is 10.5. The van der Waals surface area contributed by atoms with E-state index >= 15 is 0 Å². The summed E-state index contributed by atoms with van der Waals surface area (Å²) in [6.07, 6.45) is 3.18. The van der Waals surface area contributed by atoms with E-state index in [0.717, 1.165) is 0 Å². The maximum Gasteiger partial charge on any atom is 0.226 e. The minimum absolute atomic E-state index is 0. The highest BCUT2D eigenvalue weighted by atomic mass is 35.5. The Morgan fingerprint density at radius 2 is 2.12 bits per heavy atom. The van der Waals surface area contributed by atoms with Gasteiger partial charge in [-0.25, -0.2) is 4.98 Å². The molecule has 0 bridgehead atoms. The molecule has 0 aromatic carbocycles. The molecule has 6 nitrogen and oxygen atoms in total. The van der Waals surface area contributed by atoms with Gasteiger partial charge in [-0.3, -0.25) is 4.79 Å². The quantitative estimate of drug-likeness (QED) is 0.710. The Balaban J connectivity index is 0.00000144. The number of halogens is 4. The first-order valence-electron chi connectivity index (χ1n) is 7.01. The molecule has 1 amide bonds. The summed E-state index contributed by atoms with van der Waals surface area (Å²) in [6.45, 7) is 1.74. The van der Waals surface area contributed by atoms with E-state index in [1.165, 1.54) is 0 Å². The zero-order valence-electron chi connectivity index (χ0n) is 12.5. The molecule has 1 fully saturated rings. The van der Waals surface area contributed by atoms with Gasteiger partial charge in [0.25, 0.3) is 0 Å². The van der Waals surface area contributed by atoms with Gasteiger partial charge in [0.05, 0.1) is 28.3 Å². The number of fused-ring (bicyclic) bond motifs is 1. The zero-order valence-corrected chi connectivity index (χ0v) is 15.7. The summed E-state index contributed by atoms with van der Waals surface area (Å²) in [5.41, 5.74) is 1.19. The average Bonchev–Trinajstić information content (AvgIpc) is 3.02. The largest absolute Gasteiger partial charge is 0.391 e. The van der Waals surface area contributed by atoms with Gasteiger partial charge in [0.2, 0.25) is 5.91 Å². The number of carbonyl (C=O) groups is 1. The normalized spacial score (nSPS) is 19.6. The first-order valence-corrected chi connectivity index (χ1v) is 7.76. The van der Waals surface area contributed by atoms with E-state index in [-0.39, 0.29) is 43.1 Å². The molecule has 0 aliphatic carbocycles. The number of aliphatic hydroxyl groups is 1. The molecule has 0 saturated carbocycles. The Hall–Kier alpha value is -0.760. The maximum atomic E-state index is 12.0. The maximum absolute atomic E-state index is 12.0. The number of carbonyl (C=O) groups excluding carboxylic acids is 1. The van der Waals surface area contributed by atoms with Crippen molar-refractivity contribution in [2.45, 2.75) is 12.5 Å². The molecular weight excluding hydrogens is 398 g/mol. The lowest BCUT2D eigenvalue weighted by molar-refractivity contribution is -0.120. The van der Waals surface area contributed by atoms with E-state index in [0.29, 0.717) is 41.0 Å². The molecule has 1 aliphatic rings. The molecule has 3 heterocycles. The second-order valence-electron chi connectivity index (χ2n) is 5.44. The summed E-state index contributed by atoms with van der Waals surface area (Å²) in [7, 11) is 0. The number of hydrogen-bond donors (Lipinski definition) is 3. The molecule has 2 unspecified atom stereocenters. The number of hydrogen-bond acceptors (Lipinski definition) is 4. The number of rotatable bonds is 4. The molecule has 2 aromatic heterocycles. The third kappa shape index (κ3) is 4.88. The van der Waals surface area contributed by atoms with Gasteiger partial charge in [-0.15, -0.1) is 24.8 Å². The van der Waals surface area contributed by atoms with E-state index in [1.807, 2.05) is 0 Å². The lowest BCUT2D eigenvalue weighted by atomic mass is 10.1. The van der Waals surface area contributed by atoms with E-state index < -0.39 is 6.10 Å². The predicted octanol–water partition coefficient (Wildman–Crippen LogP) is 1.72. The van der Waals surface area contributed by atoms with Crippen molar-refractivity contribution in [3.63, 3.8) is 0 Å². The molecule has 3 N–H and O–H groups in total. The number of nitrogens with one attached hydrogen (secondary N) is 2. The topological polar surface area (TPSA) is 78.7 Å². The van der Waals surface area contributed by atoms with Crippen LogP contribution in [0.1, 0.15) is 5.69 Å². The Labute approximate surface area is 161 Å². The minimum atomic E-state index is -0.406. The number of pyridine rings is 1. The summed E-state index contributed by atoms with van der Waals surface area (Å²) in [6, 6.07) is 1.61. The van der Waals surface area contributed by atoms with Gasteiger partial charge in [0.15, 0.2) is 5.65 Å². The number of amides is 1.